The molecule has 2 N–H and O–H groups in total. The molecule has 118 valence electrons. The zero-order chi connectivity index (χ0) is 15.8. The molecule has 22 heavy (non-hydrogen) atoms. The highest BCUT2D eigenvalue weighted by Gasteiger charge is 2.06. The smallest absolute Gasteiger partial charge is 0.319 e. The maximum Gasteiger partial charge on any atom is 0.319 e. The van der Waals surface area contributed by atoms with Crippen LogP contribution < -0.4 is 10.6 Å². The van der Waals surface area contributed by atoms with Gasteiger partial charge in [-0.3, -0.25) is 0 Å². The summed E-state index contributed by atoms with van der Waals surface area (Å²) < 4.78 is 10.8. The van der Waals surface area contributed by atoms with Crippen molar-refractivity contribution in [1.29, 1.82) is 0 Å². The first-order chi connectivity index (χ1) is 10.7. The number of ether oxygens (including phenoxy) is 1. The van der Waals surface area contributed by atoms with Gasteiger partial charge >= 0.3 is 6.03 Å². The Balaban J connectivity index is 1.82. The van der Waals surface area contributed by atoms with Crippen LogP contribution in [0.3, 0.4) is 0 Å². The molecule has 1 atom stereocenters. The lowest BCUT2D eigenvalue weighted by atomic mass is 10.2. The average Bonchev–Trinajstić information content (AvgIpc) is 3.00. The lowest BCUT2D eigenvalue weighted by Gasteiger charge is -2.13. The fourth-order valence-electron chi connectivity index (χ4n) is 1.90. The molecule has 1 aromatic carbocycles. The van der Waals surface area contributed by atoms with Crippen LogP contribution in [0.4, 0.5) is 10.5 Å². The molecule has 0 spiro atoms. The van der Waals surface area contributed by atoms with E-state index in [9.17, 15) is 4.79 Å². The molecule has 0 saturated carbocycles. The molecule has 0 radical (unpaired) electrons. The average molecular weight is 302 g/mol. The third-order valence-electron chi connectivity index (χ3n) is 3.27. The predicted octanol–water partition coefficient (Wildman–Crippen LogP) is 3.92. The van der Waals surface area contributed by atoms with Crippen LogP contribution in [0, 0.1) is 0 Å². The fourth-order valence-corrected chi connectivity index (χ4v) is 1.90. The van der Waals surface area contributed by atoms with E-state index in [1.807, 2.05) is 50.2 Å². The number of nitrogens with one attached hydrogen (secondary N) is 2. The molecule has 2 amide bonds. The number of hydrogen-bond acceptors (Lipinski definition) is 3. The first-order valence-electron chi connectivity index (χ1n) is 7.44. The second kappa shape index (κ2) is 8.24. The van der Waals surface area contributed by atoms with Gasteiger partial charge in [-0.25, -0.2) is 4.79 Å². The van der Waals surface area contributed by atoms with Gasteiger partial charge in [0.1, 0.15) is 12.4 Å². The van der Waals surface area contributed by atoms with Gasteiger partial charge in [0.05, 0.1) is 12.9 Å². The molecule has 5 heteroatoms. The Morgan fingerprint density at radius 3 is 2.86 bits per heavy atom. The van der Waals surface area contributed by atoms with Gasteiger partial charge in [0.2, 0.25) is 0 Å². The van der Waals surface area contributed by atoms with E-state index in [-0.39, 0.29) is 12.1 Å². The van der Waals surface area contributed by atoms with Gasteiger partial charge in [-0.05, 0) is 43.2 Å². The Morgan fingerprint density at radius 1 is 1.27 bits per heavy atom. The summed E-state index contributed by atoms with van der Waals surface area (Å²) in [4.78, 5) is 11.8. The van der Waals surface area contributed by atoms with Crippen LogP contribution in [0.25, 0.3) is 0 Å². The summed E-state index contributed by atoms with van der Waals surface area (Å²) in [5, 5.41) is 5.69. The first kappa shape index (κ1) is 16.1. The third kappa shape index (κ3) is 5.26. The first-order valence-corrected chi connectivity index (χ1v) is 7.44. The van der Waals surface area contributed by atoms with Crippen molar-refractivity contribution in [2.45, 2.75) is 39.5 Å². The Labute approximate surface area is 130 Å². The normalized spacial score (nSPS) is 11.9. The Bertz CT molecular complexity index is 581. The number of amides is 2. The quantitative estimate of drug-likeness (QED) is 0.815. The largest absolute Gasteiger partial charge is 0.467 e. The van der Waals surface area contributed by atoms with Crippen molar-refractivity contribution in [3.8, 4) is 0 Å². The van der Waals surface area contributed by atoms with Gasteiger partial charge < -0.3 is 19.8 Å². The van der Waals surface area contributed by atoms with Crippen LogP contribution in [0.1, 0.15) is 31.6 Å². The highest BCUT2D eigenvalue weighted by Crippen LogP contribution is 2.13. The number of carbonyl (C=O) groups excluding carboxylic acids is 1. The van der Waals surface area contributed by atoms with Crippen LogP contribution >= 0.6 is 0 Å². The second-order valence-electron chi connectivity index (χ2n) is 5.18. The van der Waals surface area contributed by atoms with Crippen molar-refractivity contribution in [3.63, 3.8) is 0 Å². The van der Waals surface area contributed by atoms with Crippen molar-refractivity contribution in [2.75, 3.05) is 5.32 Å². The van der Waals surface area contributed by atoms with E-state index in [4.69, 9.17) is 9.15 Å². The molecule has 2 aromatic rings. The molecule has 0 aliphatic rings. The molecule has 1 unspecified atom stereocenters. The van der Waals surface area contributed by atoms with Crippen molar-refractivity contribution >= 4 is 11.7 Å². The van der Waals surface area contributed by atoms with Crippen molar-refractivity contribution in [3.05, 3.63) is 54.0 Å². The van der Waals surface area contributed by atoms with Crippen LogP contribution in [-0.4, -0.2) is 12.1 Å². The van der Waals surface area contributed by atoms with Crippen molar-refractivity contribution in [2.24, 2.45) is 0 Å². The van der Waals surface area contributed by atoms with Crippen LogP contribution in [-0.2, 0) is 18.0 Å². The number of urea groups is 1. The van der Waals surface area contributed by atoms with Gasteiger partial charge in [-0.15, -0.1) is 0 Å². The molecule has 0 saturated heterocycles. The highest BCUT2D eigenvalue weighted by atomic mass is 16.5. The SMILES string of the molecule is CCC(C)NC(=O)Nc1cccc(COCc2ccco2)c1. The molecular weight excluding hydrogens is 280 g/mol. The number of carbonyl (C=O) groups is 1. The lowest BCUT2D eigenvalue weighted by molar-refractivity contribution is 0.0930. The van der Waals surface area contributed by atoms with Crippen molar-refractivity contribution in [1.82, 2.24) is 5.32 Å². The number of furan rings is 1. The van der Waals surface area contributed by atoms with Gasteiger partial charge in [0.25, 0.3) is 0 Å². The maximum atomic E-state index is 11.8. The summed E-state index contributed by atoms with van der Waals surface area (Å²) in [6.07, 6.45) is 2.52. The Kier molecular flexibility index (Phi) is 6.03. The van der Waals surface area contributed by atoms with E-state index in [1.54, 1.807) is 6.26 Å². The van der Waals surface area contributed by atoms with Gasteiger partial charge in [0.15, 0.2) is 0 Å². The third-order valence-corrected chi connectivity index (χ3v) is 3.27. The summed E-state index contributed by atoms with van der Waals surface area (Å²) in [7, 11) is 0. The van der Waals surface area contributed by atoms with Gasteiger partial charge in [0, 0.05) is 11.7 Å². The fraction of sp³-hybridized carbons (Fsp3) is 0.353. The van der Waals surface area contributed by atoms with Gasteiger partial charge in [-0.1, -0.05) is 19.1 Å². The van der Waals surface area contributed by atoms with E-state index < -0.39 is 0 Å². The summed E-state index contributed by atoms with van der Waals surface area (Å²) in [5.41, 5.74) is 1.74. The number of rotatable bonds is 7. The Morgan fingerprint density at radius 2 is 2.14 bits per heavy atom. The molecule has 5 nitrogen and oxygen atoms in total. The number of hydrogen-bond donors (Lipinski definition) is 2. The monoisotopic (exact) mass is 302 g/mol. The molecule has 0 fully saturated rings. The second-order valence-corrected chi connectivity index (χ2v) is 5.18. The minimum absolute atomic E-state index is 0.153. The zero-order valence-corrected chi connectivity index (χ0v) is 13.0. The summed E-state index contributed by atoms with van der Waals surface area (Å²) in [6, 6.07) is 11.3. The zero-order valence-electron chi connectivity index (χ0n) is 13.0. The van der Waals surface area contributed by atoms with E-state index >= 15 is 0 Å². The van der Waals surface area contributed by atoms with Gasteiger partial charge in [-0.2, -0.15) is 0 Å². The number of benzene rings is 1. The van der Waals surface area contributed by atoms with E-state index in [1.165, 1.54) is 0 Å². The summed E-state index contributed by atoms with van der Waals surface area (Å²) in [5.74, 6) is 0.794. The van der Waals surface area contributed by atoms with E-state index in [0.717, 1.165) is 23.4 Å². The minimum atomic E-state index is -0.192. The minimum Gasteiger partial charge on any atom is -0.467 e. The van der Waals surface area contributed by atoms with Crippen LogP contribution in [0.15, 0.2) is 47.1 Å². The van der Waals surface area contributed by atoms with Crippen LogP contribution in [0.5, 0.6) is 0 Å². The summed E-state index contributed by atoms with van der Waals surface area (Å²) in [6.45, 7) is 4.89. The highest BCUT2D eigenvalue weighted by molar-refractivity contribution is 5.89. The molecule has 1 heterocycles. The predicted molar refractivity (Wildman–Crippen MR) is 85.6 cm³/mol. The maximum absolute atomic E-state index is 11.8. The standard InChI is InChI=1S/C17H22N2O3/c1-3-13(2)18-17(20)19-15-7-4-6-14(10-15)11-21-12-16-8-5-9-22-16/h4-10,13H,3,11-12H2,1-2H3,(H2,18,19,20). The molecule has 0 aliphatic carbocycles. The topological polar surface area (TPSA) is 63.5 Å². The molecular formula is C17H22N2O3. The molecule has 2 rings (SSSR count). The summed E-state index contributed by atoms with van der Waals surface area (Å²) >= 11 is 0. The lowest BCUT2D eigenvalue weighted by Crippen LogP contribution is -2.35. The van der Waals surface area contributed by atoms with Crippen molar-refractivity contribution < 1.29 is 13.9 Å². The molecule has 0 bridgehead atoms. The van der Waals surface area contributed by atoms with E-state index in [0.29, 0.717) is 13.2 Å². The van der Waals surface area contributed by atoms with E-state index in [2.05, 4.69) is 10.6 Å². The number of anilines is 1. The van der Waals surface area contributed by atoms with Crippen LogP contribution in [0.2, 0.25) is 0 Å². The molecule has 1 aromatic heterocycles. The Hall–Kier alpha value is -2.27. The molecule has 0 aliphatic heterocycles.